The van der Waals surface area contributed by atoms with Crippen LogP contribution < -0.4 is 5.32 Å². The van der Waals surface area contributed by atoms with Crippen molar-refractivity contribution in [1.82, 2.24) is 5.32 Å². The molecule has 1 saturated carbocycles. The van der Waals surface area contributed by atoms with Gasteiger partial charge in [0.05, 0.1) is 0 Å². The second-order valence-electron chi connectivity index (χ2n) is 5.73. The molecule has 1 N–H and O–H groups in total. The van der Waals surface area contributed by atoms with Crippen LogP contribution in [0.2, 0.25) is 5.02 Å². The third kappa shape index (κ3) is 4.44. The van der Waals surface area contributed by atoms with E-state index in [0.717, 1.165) is 24.0 Å². The molecule has 0 spiro atoms. The Kier molecular flexibility index (Phi) is 5.19. The largest absolute Gasteiger partial charge is 0.313 e. The van der Waals surface area contributed by atoms with E-state index in [1.807, 2.05) is 12.1 Å². The van der Waals surface area contributed by atoms with E-state index in [4.69, 9.17) is 11.6 Å². The van der Waals surface area contributed by atoms with Gasteiger partial charge >= 0.3 is 0 Å². The van der Waals surface area contributed by atoms with Crippen LogP contribution in [0.15, 0.2) is 48.5 Å². The van der Waals surface area contributed by atoms with Gasteiger partial charge in [-0.05, 0) is 71.2 Å². The highest BCUT2D eigenvalue weighted by molar-refractivity contribution is 14.1. The fourth-order valence-electron chi connectivity index (χ4n) is 2.60. The van der Waals surface area contributed by atoms with E-state index < -0.39 is 0 Å². The molecule has 21 heavy (non-hydrogen) atoms. The van der Waals surface area contributed by atoms with Crippen LogP contribution in [0.4, 0.5) is 0 Å². The summed E-state index contributed by atoms with van der Waals surface area (Å²) < 4.78 is 1.28. The van der Waals surface area contributed by atoms with Crippen molar-refractivity contribution >= 4 is 34.2 Å². The average Bonchev–Trinajstić information content (AvgIpc) is 3.30. The Labute approximate surface area is 145 Å². The second kappa shape index (κ2) is 7.12. The summed E-state index contributed by atoms with van der Waals surface area (Å²) >= 11 is 8.76. The fourth-order valence-corrected chi connectivity index (χ4v) is 3.25. The molecule has 1 aliphatic carbocycles. The first-order valence-corrected chi connectivity index (χ1v) is 8.90. The second-order valence-corrected chi connectivity index (χ2v) is 7.38. The lowest BCUT2D eigenvalue weighted by atomic mass is 9.92. The minimum Gasteiger partial charge on any atom is -0.313 e. The molecule has 0 heterocycles. The number of hydrogen-bond donors (Lipinski definition) is 1. The Morgan fingerprint density at radius 2 is 1.81 bits per heavy atom. The van der Waals surface area contributed by atoms with Gasteiger partial charge in [-0.25, -0.2) is 0 Å². The molecule has 1 aliphatic rings. The summed E-state index contributed by atoms with van der Waals surface area (Å²) in [5.41, 5.74) is 2.63. The number of nitrogens with one attached hydrogen (secondary N) is 1. The molecule has 0 saturated heterocycles. The van der Waals surface area contributed by atoms with Gasteiger partial charge in [-0.3, -0.25) is 0 Å². The summed E-state index contributed by atoms with van der Waals surface area (Å²) in [6.07, 6.45) is 3.66. The van der Waals surface area contributed by atoms with E-state index in [9.17, 15) is 0 Å². The van der Waals surface area contributed by atoms with Crippen molar-refractivity contribution in [3.05, 3.63) is 68.3 Å². The van der Waals surface area contributed by atoms with E-state index in [0.29, 0.717) is 5.92 Å². The van der Waals surface area contributed by atoms with Gasteiger partial charge in [0.2, 0.25) is 0 Å². The third-order valence-corrected chi connectivity index (χ3v) is 5.03. The molecule has 1 fully saturated rings. The molecule has 1 unspecified atom stereocenters. The first-order chi connectivity index (χ1) is 10.2. The van der Waals surface area contributed by atoms with E-state index in [2.05, 4.69) is 64.3 Å². The van der Waals surface area contributed by atoms with E-state index in [1.165, 1.54) is 27.5 Å². The van der Waals surface area contributed by atoms with Crippen LogP contribution in [0, 0.1) is 3.57 Å². The van der Waals surface area contributed by atoms with Gasteiger partial charge in [-0.2, -0.15) is 0 Å². The Balaban J connectivity index is 1.77. The Bertz CT molecular complexity index is 592. The number of rotatable bonds is 6. The Hall–Kier alpha value is -0.580. The maximum Gasteiger partial charge on any atom is 0.0441 e. The lowest BCUT2D eigenvalue weighted by molar-refractivity contribution is 0.577. The monoisotopic (exact) mass is 411 g/mol. The van der Waals surface area contributed by atoms with Crippen molar-refractivity contribution in [3.63, 3.8) is 0 Å². The summed E-state index contributed by atoms with van der Waals surface area (Å²) in [5, 5.41) is 4.53. The normalized spacial score (nSPS) is 15.9. The van der Waals surface area contributed by atoms with Crippen molar-refractivity contribution < 1.29 is 0 Å². The summed E-state index contributed by atoms with van der Waals surface area (Å²) in [7, 11) is 0. The highest BCUT2D eigenvalue weighted by atomic mass is 127. The van der Waals surface area contributed by atoms with Crippen molar-refractivity contribution in [2.24, 2.45) is 0 Å². The van der Waals surface area contributed by atoms with Gasteiger partial charge < -0.3 is 5.32 Å². The van der Waals surface area contributed by atoms with Crippen molar-refractivity contribution in [2.45, 2.75) is 31.2 Å². The van der Waals surface area contributed by atoms with Crippen molar-refractivity contribution in [3.8, 4) is 0 Å². The topological polar surface area (TPSA) is 12.0 Å². The SMILES string of the molecule is Clc1ccccc1C(CNC1CC1)Cc1ccc(I)cc1. The first kappa shape index (κ1) is 15.3. The molecular weight excluding hydrogens is 393 g/mol. The zero-order chi connectivity index (χ0) is 14.7. The van der Waals surface area contributed by atoms with Crippen LogP contribution in [0.5, 0.6) is 0 Å². The van der Waals surface area contributed by atoms with Crippen LogP contribution >= 0.6 is 34.2 Å². The summed E-state index contributed by atoms with van der Waals surface area (Å²) in [5.74, 6) is 0.430. The number of benzene rings is 2. The zero-order valence-electron chi connectivity index (χ0n) is 11.9. The van der Waals surface area contributed by atoms with Crippen LogP contribution in [0.1, 0.15) is 29.9 Å². The van der Waals surface area contributed by atoms with Crippen molar-refractivity contribution in [1.29, 1.82) is 0 Å². The molecule has 3 heteroatoms. The number of halogens is 2. The lowest BCUT2D eigenvalue weighted by Gasteiger charge is -2.19. The minimum atomic E-state index is 0.430. The zero-order valence-corrected chi connectivity index (χ0v) is 14.8. The smallest absolute Gasteiger partial charge is 0.0441 e. The molecular formula is C18H19ClIN. The standard InChI is InChI=1S/C18H19ClIN/c19-18-4-2-1-3-17(18)14(12-21-16-9-10-16)11-13-5-7-15(20)8-6-13/h1-8,14,16,21H,9-12H2. The average molecular weight is 412 g/mol. The van der Waals surface area contributed by atoms with Gasteiger partial charge in [-0.1, -0.05) is 41.9 Å². The summed E-state index contributed by atoms with van der Waals surface area (Å²) in [6.45, 7) is 1.00. The van der Waals surface area contributed by atoms with Gasteiger partial charge in [0.15, 0.2) is 0 Å². The highest BCUT2D eigenvalue weighted by Gasteiger charge is 2.23. The minimum absolute atomic E-state index is 0.430. The quantitative estimate of drug-likeness (QED) is 0.658. The van der Waals surface area contributed by atoms with Crippen molar-refractivity contribution in [2.75, 3.05) is 6.54 Å². The van der Waals surface area contributed by atoms with E-state index in [-0.39, 0.29) is 0 Å². The Morgan fingerprint density at radius 3 is 2.48 bits per heavy atom. The Morgan fingerprint density at radius 1 is 1.10 bits per heavy atom. The van der Waals surface area contributed by atoms with Gasteiger partial charge in [-0.15, -0.1) is 0 Å². The fraction of sp³-hybridized carbons (Fsp3) is 0.333. The lowest BCUT2D eigenvalue weighted by Crippen LogP contribution is -2.25. The van der Waals surface area contributed by atoms with Crippen LogP contribution in [0.3, 0.4) is 0 Å². The molecule has 0 amide bonds. The molecule has 3 rings (SSSR count). The maximum atomic E-state index is 6.41. The molecule has 2 aromatic rings. The van der Waals surface area contributed by atoms with Crippen LogP contribution in [0.25, 0.3) is 0 Å². The summed E-state index contributed by atoms with van der Waals surface area (Å²) in [6, 6.07) is 17.8. The number of hydrogen-bond acceptors (Lipinski definition) is 1. The van der Waals surface area contributed by atoms with E-state index >= 15 is 0 Å². The maximum absolute atomic E-state index is 6.41. The summed E-state index contributed by atoms with van der Waals surface area (Å²) in [4.78, 5) is 0. The van der Waals surface area contributed by atoms with Gasteiger partial charge in [0.1, 0.15) is 0 Å². The molecule has 1 atom stereocenters. The molecule has 2 aromatic carbocycles. The van der Waals surface area contributed by atoms with Crippen LogP contribution in [-0.4, -0.2) is 12.6 Å². The molecule has 1 nitrogen and oxygen atoms in total. The molecule has 0 aliphatic heterocycles. The predicted octanol–water partition coefficient (Wildman–Crippen LogP) is 5.02. The molecule has 110 valence electrons. The van der Waals surface area contributed by atoms with Gasteiger partial charge in [0, 0.05) is 27.1 Å². The van der Waals surface area contributed by atoms with Crippen LogP contribution in [-0.2, 0) is 6.42 Å². The molecule has 0 radical (unpaired) electrons. The molecule has 0 aromatic heterocycles. The molecule has 0 bridgehead atoms. The predicted molar refractivity (Wildman–Crippen MR) is 98.1 cm³/mol. The third-order valence-electron chi connectivity index (χ3n) is 3.97. The highest BCUT2D eigenvalue weighted by Crippen LogP contribution is 2.29. The van der Waals surface area contributed by atoms with E-state index in [1.54, 1.807) is 0 Å². The van der Waals surface area contributed by atoms with Gasteiger partial charge in [0.25, 0.3) is 0 Å². The first-order valence-electron chi connectivity index (χ1n) is 7.44.